The molecule has 0 unspecified atom stereocenters. The van der Waals surface area contributed by atoms with E-state index in [0.717, 1.165) is 35.6 Å². The lowest BCUT2D eigenvalue weighted by atomic mass is 10.1. The van der Waals surface area contributed by atoms with Crippen LogP contribution in [-0.4, -0.2) is 18.1 Å². The molecule has 3 rings (SSSR count). The van der Waals surface area contributed by atoms with E-state index >= 15 is 0 Å². The standard InChI is InChI=1S/C23H18F4N2O2S/c1-32-13-14-2-4-15(5-3-14)22(31)29-20-11-10-18(12-19(20)23(25,26)27)28-21(30)16-6-8-17(24)9-7-16/h2-12H,13H2,1H3,(H,28,30)(H,29,31). The maximum Gasteiger partial charge on any atom is 0.418 e. The van der Waals surface area contributed by atoms with Gasteiger partial charge in [-0.1, -0.05) is 12.1 Å². The summed E-state index contributed by atoms with van der Waals surface area (Å²) in [4.78, 5) is 24.7. The molecule has 0 atom stereocenters. The molecule has 0 bridgehead atoms. The van der Waals surface area contributed by atoms with Crippen molar-refractivity contribution in [3.05, 3.63) is 94.8 Å². The molecule has 0 aliphatic rings. The lowest BCUT2D eigenvalue weighted by Gasteiger charge is -2.16. The number of benzene rings is 3. The second-order valence-electron chi connectivity index (χ2n) is 6.80. The first-order valence-electron chi connectivity index (χ1n) is 9.35. The molecule has 4 nitrogen and oxygen atoms in total. The van der Waals surface area contributed by atoms with Gasteiger partial charge in [-0.05, 0) is 66.4 Å². The highest BCUT2D eigenvalue weighted by atomic mass is 32.2. The van der Waals surface area contributed by atoms with Crippen molar-refractivity contribution in [2.45, 2.75) is 11.9 Å². The Morgan fingerprint density at radius 2 is 1.41 bits per heavy atom. The minimum Gasteiger partial charge on any atom is -0.322 e. The van der Waals surface area contributed by atoms with Gasteiger partial charge in [0, 0.05) is 22.6 Å². The van der Waals surface area contributed by atoms with Gasteiger partial charge < -0.3 is 10.6 Å². The van der Waals surface area contributed by atoms with Crippen LogP contribution >= 0.6 is 11.8 Å². The monoisotopic (exact) mass is 462 g/mol. The molecule has 166 valence electrons. The van der Waals surface area contributed by atoms with Gasteiger partial charge >= 0.3 is 6.18 Å². The number of halogens is 4. The number of hydrogen-bond acceptors (Lipinski definition) is 3. The summed E-state index contributed by atoms with van der Waals surface area (Å²) in [6.07, 6.45) is -2.84. The first-order valence-corrected chi connectivity index (χ1v) is 10.7. The van der Waals surface area contributed by atoms with Gasteiger partial charge in [0.25, 0.3) is 11.8 Å². The van der Waals surface area contributed by atoms with Gasteiger partial charge in [-0.2, -0.15) is 24.9 Å². The second kappa shape index (κ2) is 9.86. The van der Waals surface area contributed by atoms with Crippen molar-refractivity contribution < 1.29 is 27.2 Å². The normalized spacial score (nSPS) is 11.2. The molecule has 9 heteroatoms. The number of amides is 2. The number of nitrogens with one attached hydrogen (secondary N) is 2. The highest BCUT2D eigenvalue weighted by molar-refractivity contribution is 7.97. The number of hydrogen-bond donors (Lipinski definition) is 2. The predicted octanol–water partition coefficient (Wildman–Crippen LogP) is 6.21. The van der Waals surface area contributed by atoms with E-state index in [4.69, 9.17) is 0 Å². The molecule has 0 aromatic heterocycles. The Morgan fingerprint density at radius 3 is 1.97 bits per heavy atom. The van der Waals surface area contributed by atoms with E-state index in [1.165, 1.54) is 18.2 Å². The first-order chi connectivity index (χ1) is 15.2. The Kier molecular flexibility index (Phi) is 7.19. The summed E-state index contributed by atoms with van der Waals surface area (Å²) in [6, 6.07) is 14.2. The van der Waals surface area contributed by atoms with E-state index in [1.807, 2.05) is 6.26 Å². The smallest absolute Gasteiger partial charge is 0.322 e. The second-order valence-corrected chi connectivity index (χ2v) is 7.67. The molecule has 2 N–H and O–H groups in total. The lowest BCUT2D eigenvalue weighted by molar-refractivity contribution is -0.136. The summed E-state index contributed by atoms with van der Waals surface area (Å²) in [7, 11) is 0. The van der Waals surface area contributed by atoms with E-state index in [1.54, 1.807) is 36.0 Å². The fraction of sp³-hybridized carbons (Fsp3) is 0.130. The topological polar surface area (TPSA) is 58.2 Å². The molecule has 3 aromatic rings. The van der Waals surface area contributed by atoms with Crippen molar-refractivity contribution in [3.63, 3.8) is 0 Å². The van der Waals surface area contributed by atoms with Crippen LogP contribution in [0.4, 0.5) is 28.9 Å². The first kappa shape index (κ1) is 23.3. The van der Waals surface area contributed by atoms with Gasteiger partial charge in [-0.25, -0.2) is 4.39 Å². The van der Waals surface area contributed by atoms with Gasteiger partial charge in [0.1, 0.15) is 5.82 Å². The maximum atomic E-state index is 13.6. The number of thioether (sulfide) groups is 1. The third-order valence-electron chi connectivity index (χ3n) is 4.46. The van der Waals surface area contributed by atoms with Gasteiger partial charge in [0.05, 0.1) is 11.3 Å². The summed E-state index contributed by atoms with van der Waals surface area (Å²) in [6.45, 7) is 0. The Morgan fingerprint density at radius 1 is 0.844 bits per heavy atom. The fourth-order valence-electron chi connectivity index (χ4n) is 2.88. The molecular formula is C23H18F4N2O2S. The minimum absolute atomic E-state index is 0.0854. The molecule has 0 heterocycles. The SMILES string of the molecule is CSCc1ccc(C(=O)Nc2ccc(NC(=O)c3ccc(F)cc3)cc2C(F)(F)F)cc1. The Bertz CT molecular complexity index is 1110. The summed E-state index contributed by atoms with van der Waals surface area (Å²) in [5, 5.41) is 4.63. The Hall–Kier alpha value is -3.33. The van der Waals surface area contributed by atoms with Gasteiger partial charge in [-0.15, -0.1) is 0 Å². The lowest BCUT2D eigenvalue weighted by Crippen LogP contribution is -2.18. The molecule has 0 saturated heterocycles. The highest BCUT2D eigenvalue weighted by Gasteiger charge is 2.34. The summed E-state index contributed by atoms with van der Waals surface area (Å²) in [5.74, 6) is -1.17. The van der Waals surface area contributed by atoms with Crippen LogP contribution < -0.4 is 10.6 Å². The minimum atomic E-state index is -4.78. The average molecular weight is 462 g/mol. The van der Waals surface area contributed by atoms with E-state index < -0.39 is 35.1 Å². The quantitative estimate of drug-likeness (QED) is 0.428. The third kappa shape index (κ3) is 5.88. The van der Waals surface area contributed by atoms with Crippen LogP contribution in [0.1, 0.15) is 31.8 Å². The average Bonchev–Trinajstić information content (AvgIpc) is 2.75. The largest absolute Gasteiger partial charge is 0.418 e. The van der Waals surface area contributed by atoms with Crippen molar-refractivity contribution in [3.8, 4) is 0 Å². The summed E-state index contributed by atoms with van der Waals surface area (Å²) < 4.78 is 53.8. The zero-order chi connectivity index (χ0) is 23.3. The number of carbonyl (C=O) groups excluding carboxylic acids is 2. The molecule has 0 aliphatic heterocycles. The van der Waals surface area contributed by atoms with Crippen LogP contribution in [0.5, 0.6) is 0 Å². The van der Waals surface area contributed by atoms with Crippen molar-refractivity contribution in [1.82, 2.24) is 0 Å². The van der Waals surface area contributed by atoms with Crippen molar-refractivity contribution >= 4 is 35.0 Å². The van der Waals surface area contributed by atoms with Crippen LogP contribution in [0.25, 0.3) is 0 Å². The van der Waals surface area contributed by atoms with Gasteiger partial charge in [-0.3, -0.25) is 9.59 Å². The number of anilines is 2. The fourth-order valence-corrected chi connectivity index (χ4v) is 3.41. The zero-order valence-electron chi connectivity index (χ0n) is 16.8. The molecule has 2 amide bonds. The molecule has 3 aromatic carbocycles. The van der Waals surface area contributed by atoms with E-state index in [2.05, 4.69) is 10.6 Å². The predicted molar refractivity (Wildman–Crippen MR) is 117 cm³/mol. The van der Waals surface area contributed by atoms with Gasteiger partial charge in [0.15, 0.2) is 0 Å². The molecule has 32 heavy (non-hydrogen) atoms. The third-order valence-corrected chi connectivity index (χ3v) is 5.09. The van der Waals surface area contributed by atoms with Crippen LogP contribution in [0.3, 0.4) is 0 Å². The number of alkyl halides is 3. The van der Waals surface area contributed by atoms with Crippen LogP contribution in [-0.2, 0) is 11.9 Å². The molecule has 0 spiro atoms. The Balaban J connectivity index is 1.81. The molecule has 0 aliphatic carbocycles. The van der Waals surface area contributed by atoms with Crippen LogP contribution in [0, 0.1) is 5.82 Å². The van der Waals surface area contributed by atoms with Crippen molar-refractivity contribution in [2.24, 2.45) is 0 Å². The van der Waals surface area contributed by atoms with E-state index in [0.29, 0.717) is 0 Å². The molecular weight excluding hydrogens is 444 g/mol. The number of carbonyl (C=O) groups is 2. The van der Waals surface area contributed by atoms with E-state index in [9.17, 15) is 27.2 Å². The highest BCUT2D eigenvalue weighted by Crippen LogP contribution is 2.37. The maximum absolute atomic E-state index is 13.6. The van der Waals surface area contributed by atoms with Gasteiger partial charge in [0.2, 0.25) is 0 Å². The molecule has 0 radical (unpaired) electrons. The van der Waals surface area contributed by atoms with E-state index in [-0.39, 0.29) is 16.8 Å². The van der Waals surface area contributed by atoms with Crippen molar-refractivity contribution in [1.29, 1.82) is 0 Å². The van der Waals surface area contributed by atoms with Crippen molar-refractivity contribution in [2.75, 3.05) is 16.9 Å². The summed E-state index contributed by atoms with van der Waals surface area (Å²) >= 11 is 1.61. The number of rotatable bonds is 6. The van der Waals surface area contributed by atoms with Crippen LogP contribution in [0.15, 0.2) is 66.7 Å². The molecule has 0 saturated carbocycles. The summed E-state index contributed by atoms with van der Waals surface area (Å²) in [5.41, 5.74) is -0.367. The van der Waals surface area contributed by atoms with Crippen LogP contribution in [0.2, 0.25) is 0 Å². The Labute approximate surface area is 186 Å². The molecule has 0 fully saturated rings. The zero-order valence-corrected chi connectivity index (χ0v) is 17.6.